The third-order valence-electron chi connectivity index (χ3n) is 11.3. The molecule has 0 aromatic rings. The highest BCUT2D eigenvalue weighted by Gasteiger charge is 2.19. The molecular weight excluding hydrogens is 829 g/mol. The molecule has 0 heterocycles. The van der Waals surface area contributed by atoms with Gasteiger partial charge in [-0.2, -0.15) is 0 Å². The number of carbonyl (C=O) groups is 3. The standard InChI is InChI=1S/C61H100O6/c1-4-7-10-13-16-19-22-25-27-29-30-32-33-36-39-42-45-48-51-54-60(63)66-57-58(56-65-59(62)53-50-47-44-41-38-35-24-21-18-15-12-9-6-3)67-61(64)55-52-49-46-43-40-37-34-31-28-26-23-20-17-14-11-8-5-2/h7,9-10,12,15-21,24-28,35,38,58H,4-6,8,11,13-14,22-23,29-34,36-37,39-57H2,1-3H3/b10-7+,12-9+,18-15+,19-16+,20-17+,24-21+,27-25+,28-26+,38-35+. The minimum atomic E-state index is -0.803. The molecule has 0 spiro atoms. The third-order valence-corrected chi connectivity index (χ3v) is 11.3. The maximum atomic E-state index is 12.8. The van der Waals surface area contributed by atoms with Gasteiger partial charge in [0, 0.05) is 19.3 Å². The Hall–Kier alpha value is -3.93. The number of hydrogen-bond donors (Lipinski definition) is 0. The summed E-state index contributed by atoms with van der Waals surface area (Å²) in [6.07, 6.45) is 73.6. The van der Waals surface area contributed by atoms with Gasteiger partial charge < -0.3 is 14.2 Å². The molecule has 6 heteroatoms. The average Bonchev–Trinajstić information content (AvgIpc) is 3.33. The van der Waals surface area contributed by atoms with Crippen molar-refractivity contribution in [3.05, 3.63) is 109 Å². The van der Waals surface area contributed by atoms with Crippen molar-refractivity contribution in [3.63, 3.8) is 0 Å². The van der Waals surface area contributed by atoms with Crippen LogP contribution in [-0.2, 0) is 28.6 Å². The van der Waals surface area contributed by atoms with E-state index in [1.807, 2.05) is 36.5 Å². The highest BCUT2D eigenvalue weighted by Crippen LogP contribution is 2.14. The van der Waals surface area contributed by atoms with Gasteiger partial charge >= 0.3 is 17.9 Å². The van der Waals surface area contributed by atoms with Crippen LogP contribution in [0.25, 0.3) is 0 Å². The number of esters is 3. The molecule has 0 aliphatic carbocycles. The first-order chi connectivity index (χ1) is 33.0. The first-order valence-electron chi connectivity index (χ1n) is 27.4. The van der Waals surface area contributed by atoms with Gasteiger partial charge in [0.15, 0.2) is 6.10 Å². The fourth-order valence-electron chi connectivity index (χ4n) is 7.26. The lowest BCUT2D eigenvalue weighted by molar-refractivity contribution is -0.167. The van der Waals surface area contributed by atoms with Gasteiger partial charge in [-0.3, -0.25) is 14.4 Å². The number of ether oxygens (including phenoxy) is 3. The molecule has 1 unspecified atom stereocenters. The molecule has 0 amide bonds. The quantitative estimate of drug-likeness (QED) is 0.0199. The molecule has 0 fully saturated rings. The number of carbonyl (C=O) groups excluding carboxylic acids is 3. The highest BCUT2D eigenvalue weighted by atomic mass is 16.6. The Balaban J connectivity index is 4.44. The highest BCUT2D eigenvalue weighted by molar-refractivity contribution is 5.71. The summed E-state index contributed by atoms with van der Waals surface area (Å²) in [5.41, 5.74) is 0. The molecule has 0 aromatic heterocycles. The van der Waals surface area contributed by atoms with Crippen LogP contribution in [0.1, 0.15) is 239 Å². The van der Waals surface area contributed by atoms with Crippen molar-refractivity contribution in [1.82, 2.24) is 0 Å². The second-order valence-electron chi connectivity index (χ2n) is 17.8. The van der Waals surface area contributed by atoms with Crippen LogP contribution in [-0.4, -0.2) is 37.2 Å². The van der Waals surface area contributed by atoms with Crippen molar-refractivity contribution in [2.75, 3.05) is 13.2 Å². The van der Waals surface area contributed by atoms with Crippen LogP contribution in [0.2, 0.25) is 0 Å². The van der Waals surface area contributed by atoms with Crippen LogP contribution in [0, 0.1) is 0 Å². The Kier molecular flexibility index (Phi) is 51.5. The van der Waals surface area contributed by atoms with Crippen molar-refractivity contribution < 1.29 is 28.6 Å². The third kappa shape index (κ3) is 52.9. The molecule has 0 saturated carbocycles. The van der Waals surface area contributed by atoms with Crippen molar-refractivity contribution in [2.24, 2.45) is 0 Å². The Bertz CT molecular complexity index is 1390. The Morgan fingerprint density at radius 3 is 1.10 bits per heavy atom. The lowest BCUT2D eigenvalue weighted by Crippen LogP contribution is -2.30. The minimum Gasteiger partial charge on any atom is -0.462 e. The van der Waals surface area contributed by atoms with Crippen LogP contribution in [0.4, 0.5) is 0 Å². The molecule has 0 N–H and O–H groups in total. The van der Waals surface area contributed by atoms with E-state index in [1.165, 1.54) is 96.3 Å². The largest absolute Gasteiger partial charge is 0.462 e. The van der Waals surface area contributed by atoms with Crippen molar-refractivity contribution in [1.29, 1.82) is 0 Å². The van der Waals surface area contributed by atoms with Gasteiger partial charge in [-0.25, -0.2) is 0 Å². The van der Waals surface area contributed by atoms with Crippen LogP contribution >= 0.6 is 0 Å². The van der Waals surface area contributed by atoms with Crippen LogP contribution in [0.3, 0.4) is 0 Å². The van der Waals surface area contributed by atoms with Gasteiger partial charge in [0.25, 0.3) is 0 Å². The number of allylic oxidation sites excluding steroid dienone is 18. The van der Waals surface area contributed by atoms with E-state index in [2.05, 4.69) is 93.7 Å². The minimum absolute atomic E-state index is 0.0986. The van der Waals surface area contributed by atoms with Crippen molar-refractivity contribution in [3.8, 4) is 0 Å². The molecule has 0 aliphatic heterocycles. The Labute approximate surface area is 412 Å². The maximum absolute atomic E-state index is 12.8. The number of unbranched alkanes of at least 4 members (excludes halogenated alkanes) is 22. The lowest BCUT2D eigenvalue weighted by Gasteiger charge is -2.18. The first-order valence-corrected chi connectivity index (χ1v) is 27.4. The topological polar surface area (TPSA) is 78.9 Å². The first kappa shape index (κ1) is 63.1. The molecule has 0 radical (unpaired) electrons. The average molecular weight is 929 g/mol. The van der Waals surface area contributed by atoms with E-state index in [0.717, 1.165) is 103 Å². The SMILES string of the molecule is CC/C=C/C=C/C=C/C=C/CCCCCC(=O)OCC(COC(=O)CCCCCCCCCCC/C=C/C/C=C/C/C=C/CC)OC(=O)CCCCCCCCC/C=C/C/C=C/CCCCC. The van der Waals surface area contributed by atoms with Crippen LogP contribution in [0.15, 0.2) is 109 Å². The molecule has 0 rings (SSSR count). The molecule has 0 saturated heterocycles. The summed E-state index contributed by atoms with van der Waals surface area (Å²) in [6.45, 7) is 6.32. The molecule has 0 bridgehead atoms. The van der Waals surface area contributed by atoms with Crippen molar-refractivity contribution in [2.45, 2.75) is 245 Å². The summed E-state index contributed by atoms with van der Waals surface area (Å²) in [4.78, 5) is 38.1. The molecule has 0 aliphatic rings. The molecule has 1 atom stereocenters. The monoisotopic (exact) mass is 929 g/mol. The van der Waals surface area contributed by atoms with E-state index >= 15 is 0 Å². The van der Waals surface area contributed by atoms with Crippen LogP contribution < -0.4 is 0 Å². The molecule has 380 valence electrons. The summed E-state index contributed by atoms with van der Waals surface area (Å²) >= 11 is 0. The van der Waals surface area contributed by atoms with Gasteiger partial charge in [-0.05, 0) is 103 Å². The van der Waals surface area contributed by atoms with Crippen LogP contribution in [0.5, 0.6) is 0 Å². The summed E-state index contributed by atoms with van der Waals surface area (Å²) < 4.78 is 16.8. The fraction of sp³-hybridized carbons (Fsp3) is 0.656. The van der Waals surface area contributed by atoms with E-state index < -0.39 is 6.10 Å². The smallest absolute Gasteiger partial charge is 0.306 e. The molecular formula is C61H100O6. The van der Waals surface area contributed by atoms with E-state index in [-0.39, 0.29) is 31.1 Å². The predicted octanol–water partition coefficient (Wildman–Crippen LogP) is 18.3. The zero-order chi connectivity index (χ0) is 48.6. The van der Waals surface area contributed by atoms with E-state index in [1.54, 1.807) is 0 Å². The Morgan fingerprint density at radius 1 is 0.328 bits per heavy atom. The van der Waals surface area contributed by atoms with E-state index in [4.69, 9.17) is 14.2 Å². The second kappa shape index (κ2) is 54.7. The maximum Gasteiger partial charge on any atom is 0.306 e. The normalized spacial score (nSPS) is 12.9. The molecule has 67 heavy (non-hydrogen) atoms. The zero-order valence-electron chi connectivity index (χ0n) is 43.4. The van der Waals surface area contributed by atoms with E-state index in [0.29, 0.717) is 19.3 Å². The summed E-state index contributed by atoms with van der Waals surface area (Å²) in [5.74, 6) is -0.954. The lowest BCUT2D eigenvalue weighted by atomic mass is 10.1. The van der Waals surface area contributed by atoms with Gasteiger partial charge in [0.2, 0.25) is 0 Å². The zero-order valence-corrected chi connectivity index (χ0v) is 43.4. The number of hydrogen-bond acceptors (Lipinski definition) is 6. The van der Waals surface area contributed by atoms with Crippen molar-refractivity contribution >= 4 is 17.9 Å². The van der Waals surface area contributed by atoms with Gasteiger partial charge in [0.05, 0.1) is 0 Å². The predicted molar refractivity (Wildman–Crippen MR) is 288 cm³/mol. The van der Waals surface area contributed by atoms with Gasteiger partial charge in [-0.1, -0.05) is 226 Å². The van der Waals surface area contributed by atoms with E-state index in [9.17, 15) is 14.4 Å². The van der Waals surface area contributed by atoms with Gasteiger partial charge in [-0.15, -0.1) is 0 Å². The second-order valence-corrected chi connectivity index (χ2v) is 17.8. The van der Waals surface area contributed by atoms with Gasteiger partial charge in [0.1, 0.15) is 13.2 Å². The Morgan fingerprint density at radius 2 is 0.657 bits per heavy atom. The number of rotatable bonds is 48. The summed E-state index contributed by atoms with van der Waals surface area (Å²) in [7, 11) is 0. The fourth-order valence-corrected chi connectivity index (χ4v) is 7.26. The molecule has 6 nitrogen and oxygen atoms in total. The molecule has 0 aromatic carbocycles. The summed E-state index contributed by atoms with van der Waals surface area (Å²) in [6, 6.07) is 0. The summed E-state index contributed by atoms with van der Waals surface area (Å²) in [5, 5.41) is 0.